The monoisotopic (exact) mass is 503 g/mol. The van der Waals surface area contributed by atoms with Crippen LogP contribution in [-0.2, 0) is 21.4 Å². The first-order chi connectivity index (χ1) is 16.3. The smallest absolute Gasteiger partial charge is 0.435 e. The molecule has 1 aliphatic rings. The molecule has 0 saturated carbocycles. The maximum atomic E-state index is 14.2. The summed E-state index contributed by atoms with van der Waals surface area (Å²) in [5.74, 6) is -5.16. The highest BCUT2D eigenvalue weighted by molar-refractivity contribution is 6.15. The molecule has 0 fully saturated rings. The number of methoxy groups -OCH3 is 1. The fraction of sp³-hybridized carbons (Fsp3) is 0.217. The van der Waals surface area contributed by atoms with E-state index in [1.165, 1.54) is 24.3 Å². The van der Waals surface area contributed by atoms with Crippen molar-refractivity contribution in [2.45, 2.75) is 24.4 Å². The summed E-state index contributed by atoms with van der Waals surface area (Å²) in [7, 11) is 1.15. The first kappa shape index (κ1) is 24.4. The maximum absolute atomic E-state index is 14.2. The number of carbonyl (C=O) groups excluding carboxylic acids is 1. The molecule has 0 amide bonds. The normalized spacial score (nSPS) is 18.4. The molecule has 0 saturated heterocycles. The number of rotatable bonds is 3. The molecule has 0 aromatic heterocycles. The molecule has 0 aliphatic carbocycles. The van der Waals surface area contributed by atoms with Crippen LogP contribution in [0.5, 0.6) is 0 Å². The van der Waals surface area contributed by atoms with E-state index in [1.807, 2.05) is 0 Å². The highest BCUT2D eigenvalue weighted by Crippen LogP contribution is 2.50. The Kier molecular flexibility index (Phi) is 5.73. The molecule has 0 N–H and O–H groups in total. The minimum atomic E-state index is -5.46. The lowest BCUT2D eigenvalue weighted by Crippen LogP contribution is -2.43. The van der Waals surface area contributed by atoms with E-state index in [1.54, 1.807) is 12.1 Å². The average molecular weight is 503 g/mol. The lowest BCUT2D eigenvalue weighted by atomic mass is 9.84. The van der Waals surface area contributed by atoms with Crippen LogP contribution in [0.4, 0.5) is 35.1 Å². The van der Waals surface area contributed by atoms with Gasteiger partial charge in [-0.2, -0.15) is 26.3 Å². The number of alkyl halides is 6. The van der Waals surface area contributed by atoms with Crippen molar-refractivity contribution >= 4 is 22.5 Å². The number of ether oxygens (including phenoxy) is 1. The van der Waals surface area contributed by atoms with E-state index in [2.05, 4.69) is 9.99 Å². The Morgan fingerprint density at radius 3 is 2.26 bits per heavy atom. The quantitative estimate of drug-likeness (QED) is 0.303. The lowest BCUT2D eigenvalue weighted by molar-refractivity contribution is -0.276. The third-order valence-corrected chi connectivity index (χ3v) is 5.63. The Balaban J connectivity index is 1.86. The first-order valence-electron chi connectivity index (χ1n) is 9.79. The van der Waals surface area contributed by atoms with E-state index in [4.69, 9.17) is 4.74 Å². The van der Waals surface area contributed by atoms with Gasteiger partial charge < -0.3 is 9.57 Å². The third kappa shape index (κ3) is 3.96. The second kappa shape index (κ2) is 8.21. The van der Waals surface area contributed by atoms with Crippen LogP contribution in [0.2, 0.25) is 0 Å². The van der Waals surface area contributed by atoms with Crippen molar-refractivity contribution < 1.29 is 49.5 Å². The number of fused-ring (bicyclic) bond motifs is 1. The van der Waals surface area contributed by atoms with Gasteiger partial charge in [0.2, 0.25) is 0 Å². The highest BCUT2D eigenvalue weighted by Gasteiger charge is 2.63. The minimum Gasteiger partial charge on any atom is -0.465 e. The van der Waals surface area contributed by atoms with Gasteiger partial charge in [0.1, 0.15) is 0 Å². The van der Waals surface area contributed by atoms with Gasteiger partial charge in [-0.15, -0.1) is 0 Å². The van der Waals surface area contributed by atoms with Gasteiger partial charge in [-0.25, -0.2) is 13.6 Å². The van der Waals surface area contributed by atoms with Crippen LogP contribution in [-0.4, -0.2) is 25.0 Å². The molecule has 12 heteroatoms. The van der Waals surface area contributed by atoms with E-state index >= 15 is 0 Å². The third-order valence-electron chi connectivity index (χ3n) is 5.63. The number of oxime groups is 1. The van der Waals surface area contributed by atoms with Crippen molar-refractivity contribution in [3.63, 3.8) is 0 Å². The number of hydrogen-bond acceptors (Lipinski definition) is 4. The second-order valence-corrected chi connectivity index (χ2v) is 7.65. The molecular formula is C23H13F8NO3. The molecule has 1 atom stereocenters. The highest BCUT2D eigenvalue weighted by atomic mass is 19.4. The first-order valence-corrected chi connectivity index (χ1v) is 9.79. The van der Waals surface area contributed by atoms with Gasteiger partial charge in [0.15, 0.2) is 11.6 Å². The van der Waals surface area contributed by atoms with Crippen molar-refractivity contribution in [1.29, 1.82) is 0 Å². The van der Waals surface area contributed by atoms with Gasteiger partial charge in [0.05, 0.1) is 23.9 Å². The van der Waals surface area contributed by atoms with E-state index < -0.39 is 53.1 Å². The summed E-state index contributed by atoms with van der Waals surface area (Å²) < 4.78 is 115. The molecule has 0 bridgehead atoms. The maximum Gasteiger partial charge on any atom is 0.435 e. The molecule has 4 rings (SSSR count). The summed E-state index contributed by atoms with van der Waals surface area (Å²) in [5.41, 5.74) is -7.14. The zero-order valence-corrected chi connectivity index (χ0v) is 17.5. The zero-order valence-electron chi connectivity index (χ0n) is 17.5. The summed E-state index contributed by atoms with van der Waals surface area (Å²) >= 11 is 0. The summed E-state index contributed by atoms with van der Waals surface area (Å²) in [6, 6.07) is 8.58. The lowest BCUT2D eigenvalue weighted by Gasteiger charge is -2.30. The van der Waals surface area contributed by atoms with Crippen LogP contribution in [0, 0.1) is 11.6 Å². The Bertz CT molecular complexity index is 1360. The van der Waals surface area contributed by atoms with Crippen molar-refractivity contribution in [3.8, 4) is 0 Å². The molecule has 1 heterocycles. The molecule has 1 aliphatic heterocycles. The van der Waals surface area contributed by atoms with Gasteiger partial charge in [0.25, 0.3) is 5.60 Å². The second-order valence-electron chi connectivity index (χ2n) is 7.65. The molecule has 184 valence electrons. The number of carbonyl (C=O) groups is 1. The summed E-state index contributed by atoms with van der Waals surface area (Å²) in [6.45, 7) is 0. The standard InChI is InChI=1S/C23H13F8NO3/c1-34-20(33)15-7-6-14(12-4-2-3-5-13(12)15)18-10-21(35-32-18,23(29,30)31)11-8-16(22(26,27)28)19(25)17(24)9-11/h2-9H,10H2,1H3. The fourth-order valence-electron chi connectivity index (χ4n) is 3.92. The molecule has 0 spiro atoms. The van der Waals surface area contributed by atoms with Gasteiger partial charge in [-0.05, 0) is 29.0 Å². The summed E-state index contributed by atoms with van der Waals surface area (Å²) in [4.78, 5) is 16.8. The number of halogens is 8. The van der Waals surface area contributed by atoms with Gasteiger partial charge in [-0.1, -0.05) is 35.5 Å². The topological polar surface area (TPSA) is 47.9 Å². The average Bonchev–Trinajstić information content (AvgIpc) is 3.25. The largest absolute Gasteiger partial charge is 0.465 e. The SMILES string of the molecule is COC(=O)c1ccc(C2=NOC(c3cc(F)c(F)c(C(F)(F)F)c3)(C(F)(F)F)C2)c2ccccc12. The Hall–Kier alpha value is -3.70. The molecular weight excluding hydrogens is 490 g/mol. The zero-order chi connectivity index (χ0) is 25.8. The molecule has 3 aromatic rings. The van der Waals surface area contributed by atoms with E-state index in [0.717, 1.165) is 7.11 Å². The molecule has 35 heavy (non-hydrogen) atoms. The molecule has 4 nitrogen and oxygen atoms in total. The molecule has 0 radical (unpaired) electrons. The number of nitrogens with zero attached hydrogens (tertiary/aromatic N) is 1. The number of esters is 1. The van der Waals surface area contributed by atoms with E-state index in [-0.39, 0.29) is 34.4 Å². The molecule has 3 aromatic carbocycles. The van der Waals surface area contributed by atoms with Crippen LogP contribution in [0.25, 0.3) is 10.8 Å². The predicted octanol–water partition coefficient (Wildman–Crippen LogP) is 6.51. The van der Waals surface area contributed by atoms with Gasteiger partial charge >= 0.3 is 18.3 Å². The van der Waals surface area contributed by atoms with Crippen molar-refractivity contribution in [3.05, 3.63) is 82.4 Å². The van der Waals surface area contributed by atoms with E-state index in [9.17, 15) is 39.9 Å². The summed E-state index contributed by atoms with van der Waals surface area (Å²) in [6.07, 6.45) is -12.0. The Morgan fingerprint density at radius 1 is 1.00 bits per heavy atom. The van der Waals surface area contributed by atoms with Crippen LogP contribution in [0.3, 0.4) is 0 Å². The van der Waals surface area contributed by atoms with Crippen LogP contribution < -0.4 is 0 Å². The van der Waals surface area contributed by atoms with Crippen LogP contribution in [0.1, 0.15) is 33.5 Å². The number of hydrogen-bond donors (Lipinski definition) is 0. The Labute approximate surface area is 191 Å². The fourth-order valence-corrected chi connectivity index (χ4v) is 3.92. The Morgan fingerprint density at radius 2 is 1.66 bits per heavy atom. The van der Waals surface area contributed by atoms with Gasteiger partial charge in [-0.3, -0.25) is 0 Å². The predicted molar refractivity (Wildman–Crippen MR) is 107 cm³/mol. The van der Waals surface area contributed by atoms with Crippen LogP contribution >= 0.6 is 0 Å². The van der Waals surface area contributed by atoms with E-state index in [0.29, 0.717) is 5.39 Å². The molecule has 1 unspecified atom stereocenters. The van der Waals surface area contributed by atoms with Crippen molar-refractivity contribution in [2.75, 3.05) is 7.11 Å². The minimum absolute atomic E-state index is 0.00891. The number of benzene rings is 3. The van der Waals surface area contributed by atoms with Gasteiger partial charge in [0, 0.05) is 17.5 Å². The summed E-state index contributed by atoms with van der Waals surface area (Å²) in [5, 5.41) is 4.08. The van der Waals surface area contributed by atoms with Crippen molar-refractivity contribution in [1.82, 2.24) is 0 Å². The van der Waals surface area contributed by atoms with Crippen LogP contribution in [0.15, 0.2) is 53.7 Å². The van der Waals surface area contributed by atoms with Crippen molar-refractivity contribution in [2.24, 2.45) is 5.16 Å².